The summed E-state index contributed by atoms with van der Waals surface area (Å²) in [6, 6.07) is 16.4. The molecular weight excluding hydrogens is 280 g/mol. The van der Waals surface area contributed by atoms with Crippen LogP contribution in [0.1, 0.15) is 12.5 Å². The molecular formula is C17H18N2O3. The number of ether oxygens (including phenoxy) is 2. The standard InChI is InChI=1S/C17H18N2O3/c1-3-22-17(20)16(13-7-5-4-6-8-13)19-18-14-9-11-15(21-2)12-10-14/h4-12,18H,3H2,1-2H3/b19-16-. The van der Waals surface area contributed by atoms with Crippen molar-refractivity contribution in [2.45, 2.75) is 6.92 Å². The maximum atomic E-state index is 12.1. The van der Waals surface area contributed by atoms with Crippen molar-refractivity contribution >= 4 is 17.4 Å². The Morgan fingerprint density at radius 1 is 1.09 bits per heavy atom. The van der Waals surface area contributed by atoms with Crippen LogP contribution in [0.15, 0.2) is 59.7 Å². The minimum atomic E-state index is -0.463. The van der Waals surface area contributed by atoms with Gasteiger partial charge in [0.2, 0.25) is 0 Å². The molecule has 0 aliphatic heterocycles. The largest absolute Gasteiger partial charge is 0.497 e. The molecule has 0 bridgehead atoms. The van der Waals surface area contributed by atoms with E-state index < -0.39 is 5.97 Å². The summed E-state index contributed by atoms with van der Waals surface area (Å²) in [5.74, 6) is 0.290. The minimum absolute atomic E-state index is 0.235. The lowest BCUT2D eigenvalue weighted by Gasteiger charge is -2.08. The highest BCUT2D eigenvalue weighted by atomic mass is 16.5. The maximum absolute atomic E-state index is 12.1. The molecule has 5 nitrogen and oxygen atoms in total. The molecule has 114 valence electrons. The third kappa shape index (κ3) is 4.09. The average molecular weight is 298 g/mol. The van der Waals surface area contributed by atoms with Gasteiger partial charge in [0.25, 0.3) is 0 Å². The molecule has 0 aliphatic rings. The first-order valence-corrected chi connectivity index (χ1v) is 6.95. The molecule has 0 spiro atoms. The Labute approximate surface area is 129 Å². The molecule has 1 N–H and O–H groups in total. The van der Waals surface area contributed by atoms with Gasteiger partial charge in [-0.15, -0.1) is 0 Å². The Balaban J connectivity index is 2.22. The lowest BCUT2D eigenvalue weighted by molar-refractivity contribution is -0.134. The SMILES string of the molecule is CCOC(=O)/C(=N\Nc1ccc(OC)cc1)c1ccccc1. The van der Waals surface area contributed by atoms with E-state index in [-0.39, 0.29) is 5.71 Å². The van der Waals surface area contributed by atoms with Gasteiger partial charge in [0.1, 0.15) is 5.75 Å². The highest BCUT2D eigenvalue weighted by Crippen LogP contribution is 2.15. The zero-order valence-electron chi connectivity index (χ0n) is 12.6. The van der Waals surface area contributed by atoms with Crippen LogP contribution in [-0.2, 0) is 9.53 Å². The third-order valence-corrected chi connectivity index (χ3v) is 2.90. The summed E-state index contributed by atoms with van der Waals surface area (Å²) in [5.41, 5.74) is 4.54. The molecule has 5 heteroatoms. The number of nitrogens with zero attached hydrogens (tertiary/aromatic N) is 1. The number of hydrazone groups is 1. The number of nitrogens with one attached hydrogen (secondary N) is 1. The van der Waals surface area contributed by atoms with Crippen molar-refractivity contribution in [3.63, 3.8) is 0 Å². The van der Waals surface area contributed by atoms with Crippen LogP contribution in [0.25, 0.3) is 0 Å². The van der Waals surface area contributed by atoms with E-state index in [2.05, 4.69) is 10.5 Å². The zero-order chi connectivity index (χ0) is 15.8. The molecule has 2 rings (SSSR count). The van der Waals surface area contributed by atoms with Gasteiger partial charge in [0.05, 0.1) is 19.4 Å². The molecule has 2 aromatic rings. The van der Waals surface area contributed by atoms with Crippen molar-refractivity contribution < 1.29 is 14.3 Å². The Hall–Kier alpha value is -2.82. The van der Waals surface area contributed by atoms with Crippen molar-refractivity contribution in [3.05, 3.63) is 60.2 Å². The van der Waals surface area contributed by atoms with Crippen molar-refractivity contribution in [1.82, 2.24) is 0 Å². The van der Waals surface area contributed by atoms with Gasteiger partial charge in [-0.3, -0.25) is 5.43 Å². The fraction of sp³-hybridized carbons (Fsp3) is 0.176. The van der Waals surface area contributed by atoms with Crippen LogP contribution >= 0.6 is 0 Å². The van der Waals surface area contributed by atoms with Gasteiger partial charge < -0.3 is 9.47 Å². The van der Waals surface area contributed by atoms with E-state index in [4.69, 9.17) is 9.47 Å². The van der Waals surface area contributed by atoms with Crippen molar-refractivity contribution in [3.8, 4) is 5.75 Å². The van der Waals surface area contributed by atoms with Gasteiger partial charge in [0, 0.05) is 5.56 Å². The first kappa shape index (κ1) is 15.6. The molecule has 0 aromatic heterocycles. The van der Waals surface area contributed by atoms with Crippen molar-refractivity contribution in [2.75, 3.05) is 19.1 Å². The Morgan fingerprint density at radius 3 is 2.36 bits per heavy atom. The van der Waals surface area contributed by atoms with Gasteiger partial charge in [-0.2, -0.15) is 5.10 Å². The smallest absolute Gasteiger partial charge is 0.359 e. The molecule has 0 amide bonds. The first-order chi connectivity index (χ1) is 10.7. The quantitative estimate of drug-likeness (QED) is 0.506. The summed E-state index contributed by atoms with van der Waals surface area (Å²) in [6.07, 6.45) is 0. The van der Waals surface area contributed by atoms with Crippen LogP contribution in [-0.4, -0.2) is 25.4 Å². The lowest BCUT2D eigenvalue weighted by Crippen LogP contribution is -2.20. The Kier molecular flexibility index (Phi) is 5.54. The second-order valence-corrected chi connectivity index (χ2v) is 4.39. The average Bonchev–Trinajstić information content (AvgIpc) is 2.57. The molecule has 0 saturated heterocycles. The van der Waals surface area contributed by atoms with Crippen LogP contribution in [0.5, 0.6) is 5.75 Å². The second kappa shape index (κ2) is 7.83. The molecule has 0 fully saturated rings. The van der Waals surface area contributed by atoms with E-state index in [0.29, 0.717) is 12.2 Å². The number of benzene rings is 2. The van der Waals surface area contributed by atoms with Crippen LogP contribution in [0, 0.1) is 0 Å². The highest BCUT2D eigenvalue weighted by Gasteiger charge is 2.15. The molecule has 0 unspecified atom stereocenters. The molecule has 0 aliphatic carbocycles. The van der Waals surface area contributed by atoms with Crippen LogP contribution in [0.4, 0.5) is 5.69 Å². The van der Waals surface area contributed by atoms with Crippen molar-refractivity contribution in [2.24, 2.45) is 5.10 Å². The number of methoxy groups -OCH3 is 1. The van der Waals surface area contributed by atoms with Gasteiger partial charge in [-0.1, -0.05) is 30.3 Å². The zero-order valence-corrected chi connectivity index (χ0v) is 12.6. The van der Waals surface area contributed by atoms with Gasteiger partial charge >= 0.3 is 5.97 Å². The topological polar surface area (TPSA) is 59.9 Å². The minimum Gasteiger partial charge on any atom is -0.497 e. The lowest BCUT2D eigenvalue weighted by atomic mass is 10.1. The number of carbonyl (C=O) groups excluding carboxylic acids is 1. The number of carbonyl (C=O) groups is 1. The summed E-state index contributed by atoms with van der Waals surface area (Å²) >= 11 is 0. The third-order valence-electron chi connectivity index (χ3n) is 2.90. The second-order valence-electron chi connectivity index (χ2n) is 4.39. The van der Waals surface area contributed by atoms with E-state index in [9.17, 15) is 4.79 Å². The maximum Gasteiger partial charge on any atom is 0.359 e. The monoisotopic (exact) mass is 298 g/mol. The summed E-state index contributed by atoms with van der Waals surface area (Å²) in [4.78, 5) is 12.1. The molecule has 0 heterocycles. The Bertz CT molecular complexity index is 637. The van der Waals surface area contributed by atoms with E-state index in [0.717, 1.165) is 11.4 Å². The number of anilines is 1. The van der Waals surface area contributed by atoms with Gasteiger partial charge in [-0.25, -0.2) is 4.79 Å². The van der Waals surface area contributed by atoms with Crippen LogP contribution in [0.2, 0.25) is 0 Å². The predicted octanol–water partition coefficient (Wildman–Crippen LogP) is 3.07. The first-order valence-electron chi connectivity index (χ1n) is 6.95. The van der Waals surface area contributed by atoms with E-state index in [1.165, 1.54) is 0 Å². The highest BCUT2D eigenvalue weighted by molar-refractivity contribution is 6.43. The fourth-order valence-corrected chi connectivity index (χ4v) is 1.81. The van der Waals surface area contributed by atoms with Crippen molar-refractivity contribution in [1.29, 1.82) is 0 Å². The summed E-state index contributed by atoms with van der Waals surface area (Å²) in [6.45, 7) is 2.06. The van der Waals surface area contributed by atoms with Gasteiger partial charge in [0.15, 0.2) is 5.71 Å². The van der Waals surface area contributed by atoms with E-state index >= 15 is 0 Å². The van der Waals surface area contributed by atoms with Crippen LogP contribution in [0.3, 0.4) is 0 Å². The Morgan fingerprint density at radius 2 is 1.77 bits per heavy atom. The predicted molar refractivity (Wildman–Crippen MR) is 86.2 cm³/mol. The number of rotatable bonds is 6. The van der Waals surface area contributed by atoms with Gasteiger partial charge in [-0.05, 0) is 31.2 Å². The molecule has 2 aromatic carbocycles. The molecule has 0 radical (unpaired) electrons. The number of hydrogen-bond donors (Lipinski definition) is 1. The molecule has 0 saturated carbocycles. The van der Waals surface area contributed by atoms with E-state index in [1.54, 1.807) is 14.0 Å². The number of esters is 1. The number of hydrogen-bond acceptors (Lipinski definition) is 5. The summed E-state index contributed by atoms with van der Waals surface area (Å²) < 4.78 is 10.2. The van der Waals surface area contributed by atoms with E-state index in [1.807, 2.05) is 54.6 Å². The molecule has 0 atom stereocenters. The fourth-order valence-electron chi connectivity index (χ4n) is 1.81. The summed E-state index contributed by atoms with van der Waals surface area (Å²) in [5, 5.41) is 4.19. The van der Waals surface area contributed by atoms with Crippen LogP contribution < -0.4 is 10.2 Å². The normalized spacial score (nSPS) is 10.9. The molecule has 22 heavy (non-hydrogen) atoms. The summed E-state index contributed by atoms with van der Waals surface area (Å²) in [7, 11) is 1.61.